The van der Waals surface area contributed by atoms with Gasteiger partial charge in [0.25, 0.3) is 0 Å². The summed E-state index contributed by atoms with van der Waals surface area (Å²) in [6.45, 7) is 3.38. The molecule has 3 nitrogen and oxygen atoms in total. The second kappa shape index (κ2) is 4.79. The molecule has 0 aliphatic heterocycles. The smallest absolute Gasteiger partial charge is 0.0492 e. The molecule has 1 saturated carbocycles. The third-order valence-corrected chi connectivity index (χ3v) is 3.39. The predicted molar refractivity (Wildman–Crippen MR) is 61.9 cm³/mol. The van der Waals surface area contributed by atoms with Gasteiger partial charge in [-0.15, -0.1) is 0 Å². The average Bonchev–Trinajstić information content (AvgIpc) is 2.83. The Bertz CT molecular complexity index is 306. The zero-order valence-electron chi connectivity index (χ0n) is 9.74. The maximum absolute atomic E-state index is 4.24. The van der Waals surface area contributed by atoms with Crippen LogP contribution in [0.15, 0.2) is 12.3 Å². The molecule has 1 aliphatic carbocycles. The number of aromatic nitrogens is 2. The second-order valence-corrected chi connectivity index (χ2v) is 4.54. The van der Waals surface area contributed by atoms with E-state index in [0.29, 0.717) is 5.92 Å². The molecule has 1 fully saturated rings. The van der Waals surface area contributed by atoms with Gasteiger partial charge in [-0.2, -0.15) is 5.10 Å². The molecule has 0 amide bonds. The van der Waals surface area contributed by atoms with Crippen molar-refractivity contribution in [2.75, 3.05) is 6.54 Å². The molecule has 1 aliphatic rings. The van der Waals surface area contributed by atoms with Gasteiger partial charge in [-0.05, 0) is 38.3 Å². The van der Waals surface area contributed by atoms with Gasteiger partial charge >= 0.3 is 0 Å². The normalized spacial score (nSPS) is 26.0. The summed E-state index contributed by atoms with van der Waals surface area (Å²) in [5.74, 6) is 0.715. The first kappa shape index (κ1) is 10.7. The molecule has 0 saturated heterocycles. The average molecular weight is 207 g/mol. The summed E-state index contributed by atoms with van der Waals surface area (Å²) in [5, 5.41) is 7.86. The van der Waals surface area contributed by atoms with E-state index < -0.39 is 0 Å². The molecule has 0 radical (unpaired) electrons. The van der Waals surface area contributed by atoms with Crippen LogP contribution in [0.4, 0.5) is 0 Å². The number of aryl methyl sites for hydroxylation is 1. The highest BCUT2D eigenvalue weighted by molar-refractivity contribution is 5.10. The highest BCUT2D eigenvalue weighted by atomic mass is 15.3. The first-order valence-corrected chi connectivity index (χ1v) is 6.02. The summed E-state index contributed by atoms with van der Waals surface area (Å²) in [6, 6.07) is 2.89. The van der Waals surface area contributed by atoms with E-state index >= 15 is 0 Å². The fraction of sp³-hybridized carbons (Fsp3) is 0.750. The van der Waals surface area contributed by atoms with Crippen molar-refractivity contribution < 1.29 is 0 Å². The highest BCUT2D eigenvalue weighted by Crippen LogP contribution is 2.33. The third-order valence-electron chi connectivity index (χ3n) is 3.39. The van der Waals surface area contributed by atoms with Crippen LogP contribution in [0.25, 0.3) is 0 Å². The van der Waals surface area contributed by atoms with Crippen LogP contribution in [-0.4, -0.2) is 22.4 Å². The van der Waals surface area contributed by atoms with Crippen LogP contribution in [0.3, 0.4) is 0 Å². The van der Waals surface area contributed by atoms with Crippen molar-refractivity contribution in [3.8, 4) is 0 Å². The number of rotatable bonds is 4. The molecule has 15 heavy (non-hydrogen) atoms. The van der Waals surface area contributed by atoms with Crippen LogP contribution in [0.2, 0.25) is 0 Å². The monoisotopic (exact) mass is 207 g/mol. The number of hydrogen-bond donors (Lipinski definition) is 1. The van der Waals surface area contributed by atoms with Gasteiger partial charge in [0, 0.05) is 30.9 Å². The quantitative estimate of drug-likeness (QED) is 0.819. The summed E-state index contributed by atoms with van der Waals surface area (Å²) in [5.41, 5.74) is 1.40. The summed E-state index contributed by atoms with van der Waals surface area (Å²) in [4.78, 5) is 0. The molecule has 0 aromatic carbocycles. The second-order valence-electron chi connectivity index (χ2n) is 4.54. The minimum atomic E-state index is 0.715. The van der Waals surface area contributed by atoms with Crippen LogP contribution in [-0.2, 0) is 7.05 Å². The lowest BCUT2D eigenvalue weighted by atomic mass is 10.0. The highest BCUT2D eigenvalue weighted by Gasteiger charge is 2.26. The lowest BCUT2D eigenvalue weighted by Gasteiger charge is -2.12. The van der Waals surface area contributed by atoms with Gasteiger partial charge in [0.05, 0.1) is 0 Å². The van der Waals surface area contributed by atoms with E-state index in [2.05, 4.69) is 23.4 Å². The van der Waals surface area contributed by atoms with Crippen molar-refractivity contribution in [2.24, 2.45) is 7.05 Å². The Morgan fingerprint density at radius 3 is 3.07 bits per heavy atom. The van der Waals surface area contributed by atoms with Gasteiger partial charge in [0.2, 0.25) is 0 Å². The Hall–Kier alpha value is -0.830. The Kier molecular flexibility index (Phi) is 3.41. The van der Waals surface area contributed by atoms with Gasteiger partial charge < -0.3 is 5.32 Å². The van der Waals surface area contributed by atoms with Crippen LogP contribution < -0.4 is 5.32 Å². The number of hydrogen-bond acceptors (Lipinski definition) is 2. The van der Waals surface area contributed by atoms with Crippen molar-refractivity contribution in [1.82, 2.24) is 15.1 Å². The molecule has 1 aromatic rings. The largest absolute Gasteiger partial charge is 0.314 e. The topological polar surface area (TPSA) is 29.9 Å². The van der Waals surface area contributed by atoms with Crippen LogP contribution >= 0.6 is 0 Å². The van der Waals surface area contributed by atoms with Crippen molar-refractivity contribution in [3.05, 3.63) is 18.0 Å². The molecule has 2 atom stereocenters. The maximum Gasteiger partial charge on any atom is 0.0492 e. The molecule has 0 spiro atoms. The Morgan fingerprint density at radius 1 is 1.53 bits per heavy atom. The van der Waals surface area contributed by atoms with Crippen molar-refractivity contribution >= 4 is 0 Å². The Labute approximate surface area is 91.9 Å². The number of nitrogens with one attached hydrogen (secondary N) is 1. The van der Waals surface area contributed by atoms with Gasteiger partial charge in [-0.3, -0.25) is 4.68 Å². The maximum atomic E-state index is 4.24. The minimum Gasteiger partial charge on any atom is -0.314 e. The molecular weight excluding hydrogens is 186 g/mol. The zero-order valence-corrected chi connectivity index (χ0v) is 9.74. The van der Waals surface area contributed by atoms with Gasteiger partial charge in [-0.1, -0.05) is 6.92 Å². The van der Waals surface area contributed by atoms with Gasteiger partial charge in [-0.25, -0.2) is 0 Å². The van der Waals surface area contributed by atoms with E-state index in [1.807, 2.05) is 17.9 Å². The standard InChI is InChI=1S/C12H21N3/c1-3-7-13-11-5-4-10(9-11)12-6-8-14-15(12)2/h6,8,10-11,13H,3-5,7,9H2,1-2H3. The molecule has 1 aromatic heterocycles. The summed E-state index contributed by atoms with van der Waals surface area (Å²) in [6.07, 6.45) is 7.03. The first-order chi connectivity index (χ1) is 7.31. The third kappa shape index (κ3) is 2.40. The SMILES string of the molecule is CCCNC1CCC(c2ccnn2C)C1. The Balaban J connectivity index is 1.90. The predicted octanol–water partition coefficient (Wildman–Crippen LogP) is 2.06. The number of nitrogens with zero attached hydrogens (tertiary/aromatic N) is 2. The van der Waals surface area contributed by atoms with E-state index in [1.165, 1.54) is 31.4 Å². The first-order valence-electron chi connectivity index (χ1n) is 6.02. The van der Waals surface area contributed by atoms with E-state index in [0.717, 1.165) is 12.6 Å². The molecule has 1 heterocycles. The fourth-order valence-electron chi connectivity index (χ4n) is 2.57. The summed E-state index contributed by atoms with van der Waals surface area (Å²) in [7, 11) is 2.04. The minimum absolute atomic E-state index is 0.715. The molecule has 3 heteroatoms. The van der Waals surface area contributed by atoms with Crippen molar-refractivity contribution in [1.29, 1.82) is 0 Å². The van der Waals surface area contributed by atoms with E-state index in [-0.39, 0.29) is 0 Å². The van der Waals surface area contributed by atoms with Gasteiger partial charge in [0.15, 0.2) is 0 Å². The summed E-state index contributed by atoms with van der Waals surface area (Å²) < 4.78 is 2.02. The van der Waals surface area contributed by atoms with E-state index in [4.69, 9.17) is 0 Å². The van der Waals surface area contributed by atoms with E-state index in [9.17, 15) is 0 Å². The van der Waals surface area contributed by atoms with Gasteiger partial charge in [0.1, 0.15) is 0 Å². The van der Waals surface area contributed by atoms with E-state index in [1.54, 1.807) is 0 Å². The Morgan fingerprint density at radius 2 is 2.40 bits per heavy atom. The van der Waals surface area contributed by atoms with Crippen LogP contribution in [0, 0.1) is 0 Å². The molecule has 0 bridgehead atoms. The molecular formula is C12H21N3. The van der Waals surface area contributed by atoms with Crippen LogP contribution in [0.5, 0.6) is 0 Å². The molecule has 1 N–H and O–H groups in total. The fourth-order valence-corrected chi connectivity index (χ4v) is 2.57. The molecule has 2 unspecified atom stereocenters. The van der Waals surface area contributed by atoms with Crippen molar-refractivity contribution in [3.63, 3.8) is 0 Å². The van der Waals surface area contributed by atoms with Crippen molar-refractivity contribution in [2.45, 2.75) is 44.6 Å². The summed E-state index contributed by atoms with van der Waals surface area (Å²) >= 11 is 0. The molecule has 2 rings (SSSR count). The van der Waals surface area contributed by atoms with Crippen LogP contribution in [0.1, 0.15) is 44.2 Å². The zero-order chi connectivity index (χ0) is 10.7. The lowest BCUT2D eigenvalue weighted by Crippen LogP contribution is -2.26. The molecule has 84 valence electrons. The lowest BCUT2D eigenvalue weighted by molar-refractivity contribution is 0.511.